The van der Waals surface area contributed by atoms with E-state index in [1.807, 2.05) is 32.9 Å². The van der Waals surface area contributed by atoms with Crippen LogP contribution >= 0.6 is 0 Å². The van der Waals surface area contributed by atoms with Gasteiger partial charge in [-0.2, -0.15) is 0 Å². The van der Waals surface area contributed by atoms with Gasteiger partial charge in [0, 0.05) is 6.04 Å². The summed E-state index contributed by atoms with van der Waals surface area (Å²) in [5.74, 6) is 0.126. The lowest BCUT2D eigenvalue weighted by atomic mass is 10.0. The molecule has 0 unspecified atom stereocenters. The summed E-state index contributed by atoms with van der Waals surface area (Å²) < 4.78 is 5.22. The molecule has 1 aliphatic carbocycles. The highest BCUT2D eigenvalue weighted by Gasteiger charge is 2.22. The van der Waals surface area contributed by atoms with E-state index in [1.54, 1.807) is 0 Å². The minimum Gasteiger partial charge on any atom is -0.460 e. The van der Waals surface area contributed by atoms with E-state index in [0.717, 1.165) is 6.42 Å². The topological polar surface area (TPSA) is 52.3 Å². The van der Waals surface area contributed by atoms with Crippen molar-refractivity contribution in [1.29, 1.82) is 0 Å². The molecule has 0 saturated heterocycles. The predicted molar refractivity (Wildman–Crippen MR) is 55.7 cm³/mol. The van der Waals surface area contributed by atoms with Crippen LogP contribution in [0.15, 0.2) is 12.2 Å². The Morgan fingerprint density at radius 3 is 2.57 bits per heavy atom. The highest BCUT2D eigenvalue weighted by atomic mass is 16.6. The lowest BCUT2D eigenvalue weighted by molar-refractivity contribution is -0.155. The standard InChI is InChI=1S/C11H19NO2/c1-11(2,3)14-10(13)7-8-4-5-9(12)6-8/h4-5,8-9H,6-7,12H2,1-3H3/t8-,9+/m1/s1. The molecule has 1 aliphatic rings. The second kappa shape index (κ2) is 4.13. The van der Waals surface area contributed by atoms with E-state index < -0.39 is 0 Å². The summed E-state index contributed by atoms with van der Waals surface area (Å²) in [6, 6.07) is 0.113. The number of carbonyl (C=O) groups is 1. The second-order valence-electron chi connectivity index (χ2n) is 4.84. The van der Waals surface area contributed by atoms with Crippen molar-refractivity contribution in [1.82, 2.24) is 0 Å². The largest absolute Gasteiger partial charge is 0.460 e. The fourth-order valence-corrected chi connectivity index (χ4v) is 1.56. The van der Waals surface area contributed by atoms with Crippen LogP contribution in [0.4, 0.5) is 0 Å². The number of nitrogens with two attached hydrogens (primary N) is 1. The Balaban J connectivity index is 2.32. The van der Waals surface area contributed by atoms with Gasteiger partial charge in [-0.3, -0.25) is 4.79 Å². The summed E-state index contributed by atoms with van der Waals surface area (Å²) in [6.07, 6.45) is 5.27. The molecule has 0 aromatic heterocycles. The highest BCUT2D eigenvalue weighted by Crippen LogP contribution is 2.21. The van der Waals surface area contributed by atoms with Crippen LogP contribution in [-0.4, -0.2) is 17.6 Å². The fraction of sp³-hybridized carbons (Fsp3) is 0.727. The number of hydrogen-bond acceptors (Lipinski definition) is 3. The Labute approximate surface area is 85.3 Å². The first-order valence-electron chi connectivity index (χ1n) is 5.02. The molecule has 0 radical (unpaired) electrons. The first kappa shape index (κ1) is 11.2. The van der Waals surface area contributed by atoms with Crippen molar-refractivity contribution >= 4 is 5.97 Å². The molecule has 0 aromatic rings. The van der Waals surface area contributed by atoms with Gasteiger partial charge in [0.25, 0.3) is 0 Å². The molecule has 0 saturated carbocycles. The number of rotatable bonds is 2. The summed E-state index contributed by atoms with van der Waals surface area (Å²) in [4.78, 5) is 11.4. The molecule has 0 amide bonds. The van der Waals surface area contributed by atoms with Gasteiger partial charge < -0.3 is 10.5 Å². The number of allylic oxidation sites excluding steroid dienone is 1. The van der Waals surface area contributed by atoms with Crippen LogP contribution in [0.1, 0.15) is 33.6 Å². The molecule has 14 heavy (non-hydrogen) atoms. The van der Waals surface area contributed by atoms with Gasteiger partial charge in [0.1, 0.15) is 5.60 Å². The highest BCUT2D eigenvalue weighted by molar-refractivity contribution is 5.70. The summed E-state index contributed by atoms with van der Waals surface area (Å²) in [5.41, 5.74) is 5.30. The minimum atomic E-state index is -0.387. The molecule has 0 bridgehead atoms. The fourth-order valence-electron chi connectivity index (χ4n) is 1.56. The first-order valence-corrected chi connectivity index (χ1v) is 5.02. The van der Waals surface area contributed by atoms with E-state index in [9.17, 15) is 4.79 Å². The Bertz CT molecular complexity index is 240. The van der Waals surface area contributed by atoms with Crippen molar-refractivity contribution in [3.63, 3.8) is 0 Å². The maximum absolute atomic E-state index is 11.4. The normalized spacial score (nSPS) is 26.6. The molecule has 1 rings (SSSR count). The van der Waals surface area contributed by atoms with Crippen LogP contribution in [-0.2, 0) is 9.53 Å². The molecule has 80 valence electrons. The summed E-state index contributed by atoms with van der Waals surface area (Å²) in [5, 5.41) is 0. The molecule has 0 spiro atoms. The van der Waals surface area contributed by atoms with Crippen LogP contribution in [0.5, 0.6) is 0 Å². The zero-order valence-electron chi connectivity index (χ0n) is 9.12. The van der Waals surface area contributed by atoms with Crippen molar-refractivity contribution in [2.75, 3.05) is 0 Å². The Morgan fingerprint density at radius 1 is 1.50 bits per heavy atom. The van der Waals surface area contributed by atoms with Crippen molar-refractivity contribution in [2.45, 2.75) is 45.3 Å². The zero-order valence-corrected chi connectivity index (χ0v) is 9.12. The molecular formula is C11H19NO2. The smallest absolute Gasteiger partial charge is 0.306 e. The molecule has 0 heterocycles. The maximum Gasteiger partial charge on any atom is 0.306 e. The number of hydrogen-bond donors (Lipinski definition) is 1. The van der Waals surface area contributed by atoms with Gasteiger partial charge in [0.05, 0.1) is 6.42 Å². The molecular weight excluding hydrogens is 178 g/mol. The van der Waals surface area contributed by atoms with Gasteiger partial charge >= 0.3 is 5.97 Å². The summed E-state index contributed by atoms with van der Waals surface area (Å²) >= 11 is 0. The molecule has 0 fully saturated rings. The Hall–Kier alpha value is -0.830. The maximum atomic E-state index is 11.4. The van der Waals surface area contributed by atoms with Gasteiger partial charge in [-0.15, -0.1) is 0 Å². The molecule has 3 nitrogen and oxygen atoms in total. The minimum absolute atomic E-state index is 0.113. The van der Waals surface area contributed by atoms with Gasteiger partial charge in [0.2, 0.25) is 0 Å². The monoisotopic (exact) mass is 197 g/mol. The molecule has 0 aliphatic heterocycles. The summed E-state index contributed by atoms with van der Waals surface area (Å²) in [7, 11) is 0. The first-order chi connectivity index (χ1) is 6.37. The van der Waals surface area contributed by atoms with Crippen molar-refractivity contribution in [3.05, 3.63) is 12.2 Å². The third-order valence-electron chi connectivity index (χ3n) is 2.05. The Kier molecular flexibility index (Phi) is 3.32. The number of carbonyl (C=O) groups excluding carboxylic acids is 1. The van der Waals surface area contributed by atoms with Crippen LogP contribution in [0.3, 0.4) is 0 Å². The van der Waals surface area contributed by atoms with E-state index in [2.05, 4.69) is 0 Å². The average Bonchev–Trinajstić information content (AvgIpc) is 2.30. The summed E-state index contributed by atoms with van der Waals surface area (Å²) in [6.45, 7) is 5.63. The van der Waals surface area contributed by atoms with E-state index >= 15 is 0 Å². The third-order valence-corrected chi connectivity index (χ3v) is 2.05. The quantitative estimate of drug-likeness (QED) is 0.540. The lowest BCUT2D eigenvalue weighted by Crippen LogP contribution is -2.25. The van der Waals surface area contributed by atoms with Gasteiger partial charge in [-0.05, 0) is 33.1 Å². The van der Waals surface area contributed by atoms with Crippen LogP contribution in [0.2, 0.25) is 0 Å². The third kappa shape index (κ3) is 3.92. The second-order valence-corrected chi connectivity index (χ2v) is 4.84. The van der Waals surface area contributed by atoms with Crippen molar-refractivity contribution in [3.8, 4) is 0 Å². The van der Waals surface area contributed by atoms with Crippen molar-refractivity contribution < 1.29 is 9.53 Å². The molecule has 0 aromatic carbocycles. The van der Waals surface area contributed by atoms with E-state index in [1.165, 1.54) is 0 Å². The van der Waals surface area contributed by atoms with E-state index in [0.29, 0.717) is 6.42 Å². The molecule has 2 N–H and O–H groups in total. The van der Waals surface area contributed by atoms with Gasteiger partial charge in [-0.1, -0.05) is 12.2 Å². The lowest BCUT2D eigenvalue weighted by Gasteiger charge is -2.20. The Morgan fingerprint density at radius 2 is 2.14 bits per heavy atom. The van der Waals surface area contributed by atoms with Crippen LogP contribution in [0.25, 0.3) is 0 Å². The van der Waals surface area contributed by atoms with Crippen molar-refractivity contribution in [2.24, 2.45) is 11.7 Å². The SMILES string of the molecule is CC(C)(C)OC(=O)C[C@@H]1C=C[C@H](N)C1. The van der Waals surface area contributed by atoms with Crippen LogP contribution < -0.4 is 5.73 Å². The van der Waals surface area contributed by atoms with E-state index in [-0.39, 0.29) is 23.5 Å². The number of ether oxygens (including phenoxy) is 1. The van der Waals surface area contributed by atoms with Gasteiger partial charge in [0.15, 0.2) is 0 Å². The van der Waals surface area contributed by atoms with E-state index in [4.69, 9.17) is 10.5 Å². The average molecular weight is 197 g/mol. The van der Waals surface area contributed by atoms with Crippen LogP contribution in [0, 0.1) is 5.92 Å². The zero-order chi connectivity index (χ0) is 10.8. The van der Waals surface area contributed by atoms with Gasteiger partial charge in [-0.25, -0.2) is 0 Å². The molecule has 2 atom stereocenters. The number of esters is 1. The molecule has 3 heteroatoms. The predicted octanol–water partition coefficient (Wildman–Crippen LogP) is 1.62.